The van der Waals surface area contributed by atoms with Crippen molar-refractivity contribution in [2.24, 2.45) is 5.41 Å². The van der Waals surface area contributed by atoms with Gasteiger partial charge in [0.1, 0.15) is 6.04 Å². The van der Waals surface area contributed by atoms with E-state index in [0.717, 1.165) is 6.42 Å². The summed E-state index contributed by atoms with van der Waals surface area (Å²) in [6, 6.07) is -0.400. The Morgan fingerprint density at radius 3 is 2.00 bits per heavy atom. The van der Waals surface area contributed by atoms with Crippen LogP contribution < -0.4 is 0 Å². The van der Waals surface area contributed by atoms with Crippen molar-refractivity contribution in [1.82, 2.24) is 4.90 Å². The van der Waals surface area contributed by atoms with Crippen LogP contribution in [0.3, 0.4) is 0 Å². The van der Waals surface area contributed by atoms with Gasteiger partial charge in [0.2, 0.25) is 0 Å². The Labute approximate surface area is 74.4 Å². The zero-order valence-corrected chi connectivity index (χ0v) is 8.59. The van der Waals surface area contributed by atoms with Gasteiger partial charge in [-0.05, 0) is 25.9 Å². The first-order valence-electron chi connectivity index (χ1n) is 4.22. The second-order valence-electron chi connectivity index (χ2n) is 4.05. The van der Waals surface area contributed by atoms with E-state index in [1.165, 1.54) is 0 Å². The van der Waals surface area contributed by atoms with Gasteiger partial charge in [-0.1, -0.05) is 20.8 Å². The maximum absolute atomic E-state index is 10.9. The molecule has 0 aliphatic carbocycles. The molecule has 1 atom stereocenters. The van der Waals surface area contributed by atoms with E-state index in [0.29, 0.717) is 0 Å². The zero-order chi connectivity index (χ0) is 9.94. The van der Waals surface area contributed by atoms with Crippen LogP contribution in [0.4, 0.5) is 0 Å². The predicted octanol–water partition coefficient (Wildman–Crippen LogP) is 1.44. The third-order valence-corrected chi connectivity index (χ3v) is 2.40. The van der Waals surface area contributed by atoms with Crippen molar-refractivity contribution in [3.05, 3.63) is 0 Å². The van der Waals surface area contributed by atoms with Crippen LogP contribution in [-0.4, -0.2) is 36.1 Å². The van der Waals surface area contributed by atoms with Crippen LogP contribution in [0.15, 0.2) is 0 Å². The first-order chi connectivity index (χ1) is 5.33. The average Bonchev–Trinajstić information content (AvgIpc) is 1.84. The molecule has 0 amide bonds. The zero-order valence-electron chi connectivity index (χ0n) is 8.59. The van der Waals surface area contributed by atoms with Crippen LogP contribution in [-0.2, 0) is 4.79 Å². The normalized spacial score (nSPS) is 14.8. The summed E-state index contributed by atoms with van der Waals surface area (Å²) in [5.74, 6) is -0.744. The minimum Gasteiger partial charge on any atom is -0.480 e. The summed E-state index contributed by atoms with van der Waals surface area (Å²) in [6.45, 7) is 5.97. The Morgan fingerprint density at radius 1 is 1.50 bits per heavy atom. The lowest BCUT2D eigenvalue weighted by Gasteiger charge is -2.34. The van der Waals surface area contributed by atoms with Crippen LogP contribution >= 0.6 is 0 Å². The summed E-state index contributed by atoms with van der Waals surface area (Å²) < 4.78 is 0. The van der Waals surface area contributed by atoms with Crippen LogP contribution in [0.5, 0.6) is 0 Å². The van der Waals surface area contributed by atoms with E-state index in [-0.39, 0.29) is 5.41 Å². The van der Waals surface area contributed by atoms with E-state index >= 15 is 0 Å². The summed E-state index contributed by atoms with van der Waals surface area (Å²) in [5, 5.41) is 8.97. The molecular weight excluding hydrogens is 154 g/mol. The monoisotopic (exact) mass is 173 g/mol. The molecule has 0 fully saturated rings. The molecule has 0 radical (unpaired) electrons. The maximum atomic E-state index is 10.9. The fourth-order valence-corrected chi connectivity index (χ4v) is 1.45. The van der Waals surface area contributed by atoms with Gasteiger partial charge in [-0.25, -0.2) is 0 Å². The highest BCUT2D eigenvalue weighted by atomic mass is 16.4. The number of nitrogens with zero attached hydrogens (tertiary/aromatic N) is 1. The van der Waals surface area contributed by atoms with Gasteiger partial charge in [0.05, 0.1) is 0 Å². The van der Waals surface area contributed by atoms with Crippen molar-refractivity contribution in [3.8, 4) is 0 Å². The lowest BCUT2D eigenvalue weighted by atomic mass is 9.81. The summed E-state index contributed by atoms with van der Waals surface area (Å²) in [6.07, 6.45) is 0.863. The number of hydrogen-bond acceptors (Lipinski definition) is 2. The van der Waals surface area contributed by atoms with Crippen molar-refractivity contribution in [3.63, 3.8) is 0 Å². The standard InChI is InChI=1S/C9H19NO2/c1-6-9(2,3)7(8(11)12)10(4)5/h7H,6H2,1-5H3,(H,11,12). The second kappa shape index (κ2) is 3.90. The summed E-state index contributed by atoms with van der Waals surface area (Å²) >= 11 is 0. The molecule has 0 saturated heterocycles. The average molecular weight is 173 g/mol. The SMILES string of the molecule is CCC(C)(C)C(C(=O)O)N(C)C. The largest absolute Gasteiger partial charge is 0.480 e. The maximum Gasteiger partial charge on any atom is 0.321 e. The van der Waals surface area contributed by atoms with Gasteiger partial charge >= 0.3 is 5.97 Å². The number of carboxylic acid groups (broad SMARTS) is 1. The molecule has 0 bridgehead atoms. The molecule has 0 heterocycles. The second-order valence-corrected chi connectivity index (χ2v) is 4.05. The lowest BCUT2D eigenvalue weighted by molar-refractivity contribution is -0.146. The number of likely N-dealkylation sites (N-methyl/N-ethyl adjacent to an activating group) is 1. The van der Waals surface area contributed by atoms with Crippen LogP contribution in [0.2, 0.25) is 0 Å². The quantitative estimate of drug-likeness (QED) is 0.699. The fourth-order valence-electron chi connectivity index (χ4n) is 1.45. The van der Waals surface area contributed by atoms with E-state index in [1.807, 2.05) is 20.8 Å². The van der Waals surface area contributed by atoms with Crippen LogP contribution in [0.25, 0.3) is 0 Å². The van der Waals surface area contributed by atoms with Crippen molar-refractivity contribution in [1.29, 1.82) is 0 Å². The predicted molar refractivity (Wildman–Crippen MR) is 49.2 cm³/mol. The Balaban J connectivity index is 4.62. The lowest BCUT2D eigenvalue weighted by Crippen LogP contribution is -2.46. The van der Waals surface area contributed by atoms with Crippen LogP contribution in [0.1, 0.15) is 27.2 Å². The Bertz CT molecular complexity index is 164. The molecule has 0 aromatic carbocycles. The first-order valence-corrected chi connectivity index (χ1v) is 4.22. The third-order valence-electron chi connectivity index (χ3n) is 2.40. The topological polar surface area (TPSA) is 40.5 Å². The minimum absolute atomic E-state index is 0.171. The molecule has 0 spiro atoms. The molecule has 1 N–H and O–H groups in total. The van der Waals surface area contributed by atoms with E-state index in [4.69, 9.17) is 5.11 Å². The van der Waals surface area contributed by atoms with Gasteiger partial charge < -0.3 is 5.11 Å². The molecule has 0 saturated carbocycles. The van der Waals surface area contributed by atoms with Gasteiger partial charge in [0.25, 0.3) is 0 Å². The minimum atomic E-state index is -0.744. The number of carboxylic acids is 1. The summed E-state index contributed by atoms with van der Waals surface area (Å²) in [5.41, 5.74) is -0.171. The van der Waals surface area contributed by atoms with Crippen molar-refractivity contribution in [2.75, 3.05) is 14.1 Å². The van der Waals surface area contributed by atoms with Crippen LogP contribution in [0, 0.1) is 5.41 Å². The number of carbonyl (C=O) groups is 1. The summed E-state index contributed by atoms with van der Waals surface area (Å²) in [7, 11) is 3.60. The molecule has 0 rings (SSSR count). The molecule has 0 aromatic heterocycles. The molecule has 3 heteroatoms. The van der Waals surface area contributed by atoms with E-state index in [1.54, 1.807) is 19.0 Å². The van der Waals surface area contributed by atoms with E-state index < -0.39 is 12.0 Å². The Hall–Kier alpha value is -0.570. The first kappa shape index (κ1) is 11.4. The number of rotatable bonds is 4. The molecule has 0 aliphatic heterocycles. The molecule has 3 nitrogen and oxygen atoms in total. The smallest absolute Gasteiger partial charge is 0.321 e. The highest BCUT2D eigenvalue weighted by Crippen LogP contribution is 2.27. The van der Waals surface area contributed by atoms with Crippen molar-refractivity contribution >= 4 is 5.97 Å². The Kier molecular flexibility index (Phi) is 3.71. The molecule has 0 aliphatic rings. The Morgan fingerprint density at radius 2 is 1.92 bits per heavy atom. The van der Waals surface area contributed by atoms with Gasteiger partial charge in [-0.3, -0.25) is 9.69 Å². The fraction of sp³-hybridized carbons (Fsp3) is 0.889. The van der Waals surface area contributed by atoms with Gasteiger partial charge in [0, 0.05) is 0 Å². The molecular formula is C9H19NO2. The summed E-state index contributed by atoms with van der Waals surface area (Å²) in [4.78, 5) is 12.7. The molecule has 1 unspecified atom stereocenters. The van der Waals surface area contributed by atoms with Crippen molar-refractivity contribution < 1.29 is 9.90 Å². The number of hydrogen-bond donors (Lipinski definition) is 1. The van der Waals surface area contributed by atoms with Gasteiger partial charge in [0.15, 0.2) is 0 Å². The highest BCUT2D eigenvalue weighted by Gasteiger charge is 2.35. The highest BCUT2D eigenvalue weighted by molar-refractivity contribution is 5.74. The van der Waals surface area contributed by atoms with E-state index in [9.17, 15) is 4.79 Å². The van der Waals surface area contributed by atoms with E-state index in [2.05, 4.69) is 0 Å². The number of aliphatic carboxylic acids is 1. The third kappa shape index (κ3) is 2.48. The van der Waals surface area contributed by atoms with Gasteiger partial charge in [-0.15, -0.1) is 0 Å². The van der Waals surface area contributed by atoms with Crippen molar-refractivity contribution in [2.45, 2.75) is 33.2 Å². The molecule has 12 heavy (non-hydrogen) atoms. The van der Waals surface area contributed by atoms with Gasteiger partial charge in [-0.2, -0.15) is 0 Å². The molecule has 0 aromatic rings. The molecule has 72 valence electrons.